The fraction of sp³-hybridized carbons (Fsp3) is 0.235. The zero-order valence-electron chi connectivity index (χ0n) is 13.6. The van der Waals surface area contributed by atoms with Gasteiger partial charge in [-0.2, -0.15) is 0 Å². The Morgan fingerprint density at radius 1 is 1.26 bits per heavy atom. The Kier molecular flexibility index (Phi) is 5.30. The largest absolute Gasteiger partial charge is 0.378 e. The van der Waals surface area contributed by atoms with Crippen LogP contribution in [0.5, 0.6) is 0 Å². The molecule has 23 heavy (non-hydrogen) atoms. The standard InChI is InChI=1S/C17H21N5O/c1-5-10-18-17-19-12(2)11-15(21-17)16(23)20-13-6-8-14(9-7-13)22(3)4/h5-9,11H,1,10H2,2-4H3,(H,20,23)(H,18,19,21). The summed E-state index contributed by atoms with van der Waals surface area (Å²) < 4.78 is 0. The van der Waals surface area contributed by atoms with Crippen LogP contribution in [0.3, 0.4) is 0 Å². The molecule has 0 aliphatic rings. The summed E-state index contributed by atoms with van der Waals surface area (Å²) in [5.74, 6) is 0.146. The number of benzene rings is 1. The Labute approximate surface area is 136 Å². The van der Waals surface area contributed by atoms with E-state index in [2.05, 4.69) is 27.2 Å². The number of carbonyl (C=O) groups is 1. The number of hydrogen-bond acceptors (Lipinski definition) is 5. The quantitative estimate of drug-likeness (QED) is 0.803. The highest BCUT2D eigenvalue weighted by atomic mass is 16.1. The van der Waals surface area contributed by atoms with Crippen molar-refractivity contribution in [2.75, 3.05) is 36.2 Å². The van der Waals surface area contributed by atoms with Crippen LogP contribution in [-0.2, 0) is 0 Å². The maximum Gasteiger partial charge on any atom is 0.274 e. The van der Waals surface area contributed by atoms with Crippen molar-refractivity contribution >= 4 is 23.2 Å². The van der Waals surface area contributed by atoms with E-state index in [9.17, 15) is 4.79 Å². The molecular formula is C17H21N5O. The average molecular weight is 311 g/mol. The third-order valence-corrected chi connectivity index (χ3v) is 3.13. The summed E-state index contributed by atoms with van der Waals surface area (Å²) >= 11 is 0. The topological polar surface area (TPSA) is 70.2 Å². The molecule has 2 N–H and O–H groups in total. The number of nitrogens with zero attached hydrogens (tertiary/aromatic N) is 3. The van der Waals surface area contributed by atoms with Gasteiger partial charge in [0.25, 0.3) is 5.91 Å². The van der Waals surface area contributed by atoms with E-state index in [1.54, 1.807) is 12.1 Å². The van der Waals surface area contributed by atoms with Crippen molar-refractivity contribution in [3.8, 4) is 0 Å². The maximum atomic E-state index is 12.4. The van der Waals surface area contributed by atoms with Crippen LogP contribution >= 0.6 is 0 Å². The second-order valence-electron chi connectivity index (χ2n) is 5.28. The van der Waals surface area contributed by atoms with Gasteiger partial charge in [-0.05, 0) is 37.3 Å². The van der Waals surface area contributed by atoms with Gasteiger partial charge in [0.15, 0.2) is 0 Å². The molecule has 0 radical (unpaired) electrons. The molecule has 0 atom stereocenters. The van der Waals surface area contributed by atoms with Crippen LogP contribution in [0.25, 0.3) is 0 Å². The molecule has 6 heteroatoms. The van der Waals surface area contributed by atoms with Gasteiger partial charge in [0.2, 0.25) is 5.95 Å². The lowest BCUT2D eigenvalue weighted by molar-refractivity contribution is 0.102. The third-order valence-electron chi connectivity index (χ3n) is 3.13. The summed E-state index contributed by atoms with van der Waals surface area (Å²) in [6.07, 6.45) is 1.71. The monoisotopic (exact) mass is 311 g/mol. The molecule has 1 heterocycles. The minimum atomic E-state index is -0.269. The third kappa shape index (κ3) is 4.54. The number of aryl methyl sites for hydroxylation is 1. The molecule has 0 fully saturated rings. The van der Waals surface area contributed by atoms with E-state index >= 15 is 0 Å². The summed E-state index contributed by atoms with van der Waals surface area (Å²) in [6.45, 7) is 5.99. The fourth-order valence-corrected chi connectivity index (χ4v) is 1.97. The number of carbonyl (C=O) groups excluding carboxylic acids is 1. The molecule has 1 aromatic carbocycles. The predicted octanol–water partition coefficient (Wildman–Crippen LogP) is 2.70. The lowest BCUT2D eigenvalue weighted by atomic mass is 10.2. The second kappa shape index (κ2) is 7.40. The highest BCUT2D eigenvalue weighted by molar-refractivity contribution is 6.03. The van der Waals surface area contributed by atoms with E-state index < -0.39 is 0 Å². The Morgan fingerprint density at radius 3 is 2.57 bits per heavy atom. The average Bonchev–Trinajstić information content (AvgIpc) is 2.53. The summed E-state index contributed by atoms with van der Waals surface area (Å²) in [5, 5.41) is 5.83. The van der Waals surface area contributed by atoms with E-state index in [-0.39, 0.29) is 5.91 Å². The fourth-order valence-electron chi connectivity index (χ4n) is 1.97. The first-order valence-electron chi connectivity index (χ1n) is 7.29. The molecule has 0 bridgehead atoms. The van der Waals surface area contributed by atoms with Crippen molar-refractivity contribution in [3.63, 3.8) is 0 Å². The molecule has 0 saturated carbocycles. The Hall–Kier alpha value is -2.89. The number of hydrogen-bond donors (Lipinski definition) is 2. The minimum absolute atomic E-state index is 0.269. The molecule has 0 saturated heterocycles. The van der Waals surface area contributed by atoms with E-state index in [0.29, 0.717) is 18.2 Å². The van der Waals surface area contributed by atoms with Crippen molar-refractivity contribution in [1.29, 1.82) is 0 Å². The first kappa shape index (κ1) is 16.5. The van der Waals surface area contributed by atoms with Gasteiger partial charge in [0.05, 0.1) is 0 Å². The molecule has 0 unspecified atom stereocenters. The van der Waals surface area contributed by atoms with Gasteiger partial charge < -0.3 is 15.5 Å². The molecule has 0 aliphatic carbocycles. The van der Waals surface area contributed by atoms with Crippen LogP contribution in [0.1, 0.15) is 16.2 Å². The number of rotatable bonds is 6. The van der Waals surface area contributed by atoms with E-state index in [0.717, 1.165) is 17.1 Å². The normalized spacial score (nSPS) is 10.0. The van der Waals surface area contributed by atoms with Gasteiger partial charge in [0, 0.05) is 37.7 Å². The Morgan fingerprint density at radius 2 is 1.96 bits per heavy atom. The lowest BCUT2D eigenvalue weighted by Gasteiger charge is -2.13. The highest BCUT2D eigenvalue weighted by Crippen LogP contribution is 2.16. The zero-order chi connectivity index (χ0) is 16.8. The van der Waals surface area contributed by atoms with Crippen molar-refractivity contribution < 1.29 is 4.79 Å². The van der Waals surface area contributed by atoms with Crippen LogP contribution in [0.4, 0.5) is 17.3 Å². The van der Waals surface area contributed by atoms with E-state index in [1.807, 2.05) is 50.2 Å². The van der Waals surface area contributed by atoms with Gasteiger partial charge in [0.1, 0.15) is 5.69 Å². The van der Waals surface area contributed by atoms with Crippen molar-refractivity contribution in [2.24, 2.45) is 0 Å². The molecule has 6 nitrogen and oxygen atoms in total. The van der Waals surface area contributed by atoms with Crippen molar-refractivity contribution in [1.82, 2.24) is 9.97 Å². The SMILES string of the molecule is C=CCNc1nc(C)cc(C(=O)Nc2ccc(N(C)C)cc2)n1. The van der Waals surface area contributed by atoms with E-state index in [4.69, 9.17) is 0 Å². The molecule has 1 amide bonds. The van der Waals surface area contributed by atoms with Gasteiger partial charge in [-0.15, -0.1) is 6.58 Å². The second-order valence-corrected chi connectivity index (χ2v) is 5.28. The smallest absolute Gasteiger partial charge is 0.274 e. The van der Waals surface area contributed by atoms with Gasteiger partial charge >= 0.3 is 0 Å². The molecule has 2 rings (SSSR count). The number of anilines is 3. The Bertz CT molecular complexity index is 695. The van der Waals surface area contributed by atoms with Crippen molar-refractivity contribution in [2.45, 2.75) is 6.92 Å². The molecule has 2 aromatic rings. The maximum absolute atomic E-state index is 12.4. The van der Waals surface area contributed by atoms with Crippen LogP contribution in [-0.4, -0.2) is 36.5 Å². The van der Waals surface area contributed by atoms with Crippen LogP contribution in [0, 0.1) is 6.92 Å². The van der Waals surface area contributed by atoms with Gasteiger partial charge in [-0.3, -0.25) is 4.79 Å². The number of nitrogens with one attached hydrogen (secondary N) is 2. The van der Waals surface area contributed by atoms with E-state index in [1.165, 1.54) is 0 Å². The summed E-state index contributed by atoms with van der Waals surface area (Å²) in [6, 6.07) is 9.26. The van der Waals surface area contributed by atoms with Gasteiger partial charge in [-0.25, -0.2) is 9.97 Å². The van der Waals surface area contributed by atoms with Crippen LogP contribution < -0.4 is 15.5 Å². The molecule has 120 valence electrons. The summed E-state index contributed by atoms with van der Waals surface area (Å²) in [7, 11) is 3.93. The lowest BCUT2D eigenvalue weighted by Crippen LogP contribution is -2.16. The predicted molar refractivity (Wildman–Crippen MR) is 94.2 cm³/mol. The first-order chi connectivity index (χ1) is 11.0. The zero-order valence-corrected chi connectivity index (χ0v) is 13.6. The first-order valence-corrected chi connectivity index (χ1v) is 7.29. The van der Waals surface area contributed by atoms with Crippen molar-refractivity contribution in [3.05, 3.63) is 54.4 Å². The molecular weight excluding hydrogens is 290 g/mol. The Balaban J connectivity index is 2.13. The van der Waals surface area contributed by atoms with Gasteiger partial charge in [-0.1, -0.05) is 6.08 Å². The molecule has 0 aliphatic heterocycles. The van der Waals surface area contributed by atoms with Crippen LogP contribution in [0.15, 0.2) is 43.0 Å². The number of amides is 1. The summed E-state index contributed by atoms with van der Waals surface area (Å²) in [5.41, 5.74) is 2.83. The van der Waals surface area contributed by atoms with Crippen LogP contribution in [0.2, 0.25) is 0 Å². The summed E-state index contributed by atoms with van der Waals surface area (Å²) in [4.78, 5) is 22.8. The highest BCUT2D eigenvalue weighted by Gasteiger charge is 2.11. The molecule has 0 spiro atoms. The minimum Gasteiger partial charge on any atom is -0.378 e. The number of aromatic nitrogens is 2. The molecule has 1 aromatic heterocycles.